The molecule has 0 aliphatic carbocycles. The van der Waals surface area contributed by atoms with E-state index < -0.39 is 0 Å². The predicted molar refractivity (Wildman–Crippen MR) is 133 cm³/mol. The van der Waals surface area contributed by atoms with Crippen molar-refractivity contribution in [1.82, 2.24) is 19.7 Å². The minimum atomic E-state index is -0.360. The van der Waals surface area contributed by atoms with Gasteiger partial charge in [-0.3, -0.25) is 14.6 Å². The van der Waals surface area contributed by atoms with Gasteiger partial charge in [-0.25, -0.2) is 4.98 Å². The maximum absolute atomic E-state index is 12.8. The van der Waals surface area contributed by atoms with E-state index in [2.05, 4.69) is 20.4 Å². The van der Waals surface area contributed by atoms with Crippen molar-refractivity contribution in [1.29, 1.82) is 0 Å². The average Bonchev–Trinajstić information content (AvgIpc) is 3.52. The van der Waals surface area contributed by atoms with E-state index in [1.807, 2.05) is 66.9 Å². The fraction of sp³-hybridized carbons (Fsp3) is 0.120. The summed E-state index contributed by atoms with van der Waals surface area (Å²) >= 11 is 1.53. The number of nitrogens with one attached hydrogen (secondary N) is 2. The lowest BCUT2D eigenvalue weighted by molar-refractivity contribution is -0.118. The van der Waals surface area contributed by atoms with Crippen molar-refractivity contribution in [3.63, 3.8) is 0 Å². The molecular formula is C25H21N5O3S. The molecular weight excluding hydrogens is 450 g/mol. The monoisotopic (exact) mass is 471 g/mol. The first kappa shape index (κ1) is 21.6. The van der Waals surface area contributed by atoms with Crippen molar-refractivity contribution >= 4 is 33.8 Å². The highest BCUT2D eigenvalue weighted by Crippen LogP contribution is 2.27. The van der Waals surface area contributed by atoms with Crippen LogP contribution in [-0.2, 0) is 11.2 Å². The standard InChI is InChI=1S/C25H21N5O3S/c1-2-18-13-23(31)28-25(26-18)30-22(14-20(29-30)21-8-5-11-34-21)27-24(32)15-33-19-10-9-16-6-3-4-7-17(16)12-19/h3-14H,2,15H2,1H3,(H,27,32)(H,26,28,31). The van der Waals surface area contributed by atoms with Crippen LogP contribution in [0.2, 0.25) is 0 Å². The van der Waals surface area contributed by atoms with Crippen LogP contribution >= 0.6 is 11.3 Å². The Balaban J connectivity index is 1.40. The van der Waals surface area contributed by atoms with Crippen LogP contribution in [-0.4, -0.2) is 32.3 Å². The molecule has 3 heterocycles. The quantitative estimate of drug-likeness (QED) is 0.366. The van der Waals surface area contributed by atoms with Crippen molar-refractivity contribution < 1.29 is 9.53 Å². The lowest BCUT2D eigenvalue weighted by atomic mass is 10.1. The zero-order valence-corrected chi connectivity index (χ0v) is 19.1. The van der Waals surface area contributed by atoms with Crippen LogP contribution in [0.1, 0.15) is 12.6 Å². The normalized spacial score (nSPS) is 11.0. The highest BCUT2D eigenvalue weighted by molar-refractivity contribution is 7.13. The lowest BCUT2D eigenvalue weighted by Crippen LogP contribution is -2.23. The van der Waals surface area contributed by atoms with Crippen LogP contribution in [0.4, 0.5) is 5.82 Å². The molecule has 8 nitrogen and oxygen atoms in total. The van der Waals surface area contributed by atoms with Crippen LogP contribution in [0, 0.1) is 0 Å². The molecule has 0 bridgehead atoms. The molecule has 0 aliphatic rings. The molecule has 0 spiro atoms. The number of aromatic amines is 1. The van der Waals surface area contributed by atoms with Gasteiger partial charge in [0.25, 0.3) is 11.5 Å². The zero-order chi connectivity index (χ0) is 23.5. The number of benzene rings is 2. The number of hydrogen-bond donors (Lipinski definition) is 2. The summed E-state index contributed by atoms with van der Waals surface area (Å²) in [6.45, 7) is 1.73. The lowest BCUT2D eigenvalue weighted by Gasteiger charge is -2.10. The first-order chi connectivity index (χ1) is 16.6. The number of carbonyl (C=O) groups excluding carboxylic acids is 1. The van der Waals surface area contributed by atoms with E-state index in [1.54, 1.807) is 6.07 Å². The highest BCUT2D eigenvalue weighted by Gasteiger charge is 2.17. The third-order valence-electron chi connectivity index (χ3n) is 5.19. The van der Waals surface area contributed by atoms with Crippen LogP contribution < -0.4 is 15.6 Å². The number of hydrogen-bond acceptors (Lipinski definition) is 6. The fourth-order valence-electron chi connectivity index (χ4n) is 3.54. The number of rotatable bonds is 7. The number of ether oxygens (including phenoxy) is 1. The molecule has 2 N–H and O–H groups in total. The van der Waals surface area contributed by atoms with Crippen LogP contribution in [0.5, 0.6) is 5.75 Å². The van der Waals surface area contributed by atoms with Gasteiger partial charge in [-0.2, -0.15) is 9.78 Å². The van der Waals surface area contributed by atoms with E-state index in [0.29, 0.717) is 29.4 Å². The molecule has 0 unspecified atom stereocenters. The van der Waals surface area contributed by atoms with Gasteiger partial charge in [0.05, 0.1) is 4.88 Å². The summed E-state index contributed by atoms with van der Waals surface area (Å²) in [6.07, 6.45) is 0.595. The van der Waals surface area contributed by atoms with E-state index in [4.69, 9.17) is 4.74 Å². The maximum atomic E-state index is 12.8. The van der Waals surface area contributed by atoms with Crippen molar-refractivity contribution in [2.24, 2.45) is 0 Å². The van der Waals surface area contributed by atoms with Gasteiger partial charge in [0, 0.05) is 17.8 Å². The molecule has 0 radical (unpaired) electrons. The smallest absolute Gasteiger partial charge is 0.263 e. The highest BCUT2D eigenvalue weighted by atomic mass is 32.1. The van der Waals surface area contributed by atoms with Gasteiger partial charge in [0.2, 0.25) is 5.95 Å². The summed E-state index contributed by atoms with van der Waals surface area (Å²) < 4.78 is 7.15. The molecule has 0 saturated carbocycles. The van der Waals surface area contributed by atoms with Crippen LogP contribution in [0.15, 0.2) is 76.9 Å². The molecule has 34 heavy (non-hydrogen) atoms. The number of nitrogens with zero attached hydrogens (tertiary/aromatic N) is 3. The molecule has 1 amide bonds. The van der Waals surface area contributed by atoms with Gasteiger partial charge in [0.1, 0.15) is 17.3 Å². The van der Waals surface area contributed by atoms with Gasteiger partial charge < -0.3 is 10.1 Å². The molecule has 0 fully saturated rings. The molecule has 5 rings (SSSR count). The predicted octanol–water partition coefficient (Wildman–Crippen LogP) is 4.42. The first-order valence-electron chi connectivity index (χ1n) is 10.7. The van der Waals surface area contributed by atoms with Crippen LogP contribution in [0.3, 0.4) is 0 Å². The first-order valence-corrected chi connectivity index (χ1v) is 11.6. The van der Waals surface area contributed by atoms with Crippen molar-refractivity contribution in [3.05, 3.63) is 88.2 Å². The molecule has 0 aliphatic heterocycles. The number of thiophene rings is 1. The number of carbonyl (C=O) groups is 1. The second kappa shape index (κ2) is 9.32. The third-order valence-corrected chi connectivity index (χ3v) is 6.08. The summed E-state index contributed by atoms with van der Waals surface area (Å²) in [6, 6.07) is 20.7. The average molecular weight is 472 g/mol. The molecule has 3 aromatic heterocycles. The molecule has 2 aromatic carbocycles. The number of aromatic nitrogens is 4. The fourth-order valence-corrected chi connectivity index (χ4v) is 4.22. The maximum Gasteiger partial charge on any atom is 0.263 e. The minimum absolute atomic E-state index is 0.184. The molecule has 5 aromatic rings. The van der Waals surface area contributed by atoms with E-state index >= 15 is 0 Å². The summed E-state index contributed by atoms with van der Waals surface area (Å²) in [7, 11) is 0. The Hall–Kier alpha value is -4.24. The number of aryl methyl sites for hydroxylation is 1. The Morgan fingerprint density at radius 3 is 2.74 bits per heavy atom. The van der Waals surface area contributed by atoms with E-state index in [1.165, 1.54) is 22.1 Å². The van der Waals surface area contributed by atoms with Crippen molar-refractivity contribution in [2.45, 2.75) is 13.3 Å². The zero-order valence-electron chi connectivity index (χ0n) is 18.3. The van der Waals surface area contributed by atoms with E-state index in [0.717, 1.165) is 15.6 Å². The molecule has 170 valence electrons. The Labute approximate surface area is 198 Å². The van der Waals surface area contributed by atoms with Crippen molar-refractivity contribution in [3.8, 4) is 22.3 Å². The minimum Gasteiger partial charge on any atom is -0.484 e. The van der Waals surface area contributed by atoms with E-state index in [-0.39, 0.29) is 24.0 Å². The Morgan fingerprint density at radius 2 is 1.94 bits per heavy atom. The number of amides is 1. The molecule has 0 saturated heterocycles. The Bertz CT molecular complexity index is 1520. The topological polar surface area (TPSA) is 102 Å². The van der Waals surface area contributed by atoms with Crippen LogP contribution in [0.25, 0.3) is 27.3 Å². The third kappa shape index (κ3) is 4.60. The molecule has 0 atom stereocenters. The largest absolute Gasteiger partial charge is 0.484 e. The van der Waals surface area contributed by atoms with Gasteiger partial charge in [-0.15, -0.1) is 11.3 Å². The Kier molecular flexibility index (Phi) is 5.92. The van der Waals surface area contributed by atoms with Gasteiger partial charge in [-0.1, -0.05) is 43.3 Å². The summed E-state index contributed by atoms with van der Waals surface area (Å²) in [5.41, 5.74) is 1.00. The van der Waals surface area contributed by atoms with Crippen molar-refractivity contribution in [2.75, 3.05) is 11.9 Å². The van der Waals surface area contributed by atoms with E-state index in [9.17, 15) is 9.59 Å². The van der Waals surface area contributed by atoms with Gasteiger partial charge in [-0.05, 0) is 40.8 Å². The summed E-state index contributed by atoms with van der Waals surface area (Å²) in [4.78, 5) is 33.0. The SMILES string of the molecule is CCc1cc(=O)[nH]c(-n2nc(-c3cccs3)cc2NC(=O)COc2ccc3ccccc3c2)n1. The number of H-pyrrole nitrogens is 1. The number of anilines is 1. The van der Waals surface area contributed by atoms with Gasteiger partial charge >= 0.3 is 0 Å². The molecule has 9 heteroatoms. The van der Waals surface area contributed by atoms with Gasteiger partial charge in [0.15, 0.2) is 6.61 Å². The number of fused-ring (bicyclic) bond motifs is 1. The summed E-state index contributed by atoms with van der Waals surface area (Å²) in [5.74, 6) is 0.856. The second-order valence-corrected chi connectivity index (χ2v) is 8.51. The summed E-state index contributed by atoms with van der Waals surface area (Å²) in [5, 5.41) is 11.5. The second-order valence-electron chi connectivity index (χ2n) is 7.56. The Morgan fingerprint density at radius 1 is 1.09 bits per heavy atom.